The van der Waals surface area contributed by atoms with Crippen molar-refractivity contribution in [3.8, 4) is 0 Å². The molecular weight excluding hydrogens is 224 g/mol. The number of carbonyl (C=O) groups is 1. The second-order valence-electron chi connectivity index (χ2n) is 4.86. The van der Waals surface area contributed by atoms with Gasteiger partial charge < -0.3 is 11.1 Å². The van der Waals surface area contributed by atoms with Crippen LogP contribution in [0.1, 0.15) is 30.0 Å². The summed E-state index contributed by atoms with van der Waals surface area (Å²) in [5.74, 6) is -0.0580. The fourth-order valence-electron chi connectivity index (χ4n) is 1.96. The van der Waals surface area contributed by atoms with Crippen molar-refractivity contribution < 1.29 is 4.79 Å². The van der Waals surface area contributed by atoms with E-state index in [-0.39, 0.29) is 11.8 Å². The topological polar surface area (TPSA) is 55.1 Å². The normalized spacial score (nSPS) is 12.2. The zero-order valence-corrected chi connectivity index (χ0v) is 11.6. The predicted octanol–water partition coefficient (Wildman–Crippen LogP) is 1.95. The molecule has 1 aromatic carbocycles. The van der Waals surface area contributed by atoms with Crippen LogP contribution in [-0.4, -0.2) is 19.0 Å². The Morgan fingerprint density at radius 2 is 2.11 bits per heavy atom. The predicted molar refractivity (Wildman–Crippen MR) is 75.5 cm³/mol. The van der Waals surface area contributed by atoms with Gasteiger partial charge in [0.1, 0.15) is 0 Å². The first-order chi connectivity index (χ1) is 8.58. The molecule has 0 saturated carbocycles. The number of hydrogen-bond donors (Lipinski definition) is 2. The molecule has 0 heterocycles. The maximum Gasteiger partial charge on any atom is 0.224 e. The molecule has 0 radical (unpaired) electrons. The zero-order chi connectivity index (χ0) is 13.5. The Bertz CT molecular complexity index is 401. The first-order valence-electron chi connectivity index (χ1n) is 6.62. The van der Waals surface area contributed by atoms with Crippen molar-refractivity contribution >= 4 is 5.91 Å². The highest BCUT2D eigenvalue weighted by Crippen LogP contribution is 2.15. The van der Waals surface area contributed by atoms with Gasteiger partial charge >= 0.3 is 0 Å². The molecule has 0 aromatic heterocycles. The number of nitrogens with two attached hydrogens (primary N) is 1. The molecule has 0 aliphatic rings. The molecule has 0 aliphatic heterocycles. The molecular formula is C15H24N2O. The van der Waals surface area contributed by atoms with Crippen LogP contribution in [0.15, 0.2) is 18.2 Å². The lowest BCUT2D eigenvalue weighted by atomic mass is 9.94. The van der Waals surface area contributed by atoms with Crippen molar-refractivity contribution in [3.63, 3.8) is 0 Å². The standard InChI is InChI=1S/C15H24N2O/c1-4-7-17-15(18)14(10-16)9-13-8-11(2)5-6-12(13)3/h5-6,8,14H,4,7,9-10,16H2,1-3H3,(H,17,18). The SMILES string of the molecule is CCCNC(=O)C(CN)Cc1cc(C)ccc1C. The minimum absolute atomic E-state index is 0.0697. The minimum atomic E-state index is -0.128. The quantitative estimate of drug-likeness (QED) is 0.808. The Morgan fingerprint density at radius 1 is 1.39 bits per heavy atom. The van der Waals surface area contributed by atoms with Gasteiger partial charge in [-0.1, -0.05) is 30.7 Å². The first kappa shape index (κ1) is 14.7. The summed E-state index contributed by atoms with van der Waals surface area (Å²) in [7, 11) is 0. The average Bonchev–Trinajstić information content (AvgIpc) is 2.36. The van der Waals surface area contributed by atoms with E-state index >= 15 is 0 Å². The smallest absolute Gasteiger partial charge is 0.224 e. The highest BCUT2D eigenvalue weighted by atomic mass is 16.1. The fourth-order valence-corrected chi connectivity index (χ4v) is 1.96. The van der Waals surface area contributed by atoms with Crippen LogP contribution in [0.25, 0.3) is 0 Å². The van der Waals surface area contributed by atoms with E-state index in [1.165, 1.54) is 16.7 Å². The number of hydrogen-bond acceptors (Lipinski definition) is 2. The third kappa shape index (κ3) is 4.15. The summed E-state index contributed by atoms with van der Waals surface area (Å²) in [5, 5.41) is 2.92. The van der Waals surface area contributed by atoms with E-state index in [9.17, 15) is 4.79 Å². The molecule has 0 saturated heterocycles. The Hall–Kier alpha value is -1.35. The van der Waals surface area contributed by atoms with Gasteiger partial charge in [0.2, 0.25) is 5.91 Å². The Morgan fingerprint density at radius 3 is 2.72 bits per heavy atom. The van der Waals surface area contributed by atoms with E-state index in [2.05, 4.69) is 37.4 Å². The lowest BCUT2D eigenvalue weighted by Gasteiger charge is -2.16. The number of rotatable bonds is 6. The van der Waals surface area contributed by atoms with E-state index in [0.29, 0.717) is 6.54 Å². The molecule has 1 atom stereocenters. The highest BCUT2D eigenvalue weighted by molar-refractivity contribution is 5.79. The molecule has 0 bridgehead atoms. The largest absolute Gasteiger partial charge is 0.356 e. The van der Waals surface area contributed by atoms with Gasteiger partial charge in [-0.3, -0.25) is 4.79 Å². The molecule has 18 heavy (non-hydrogen) atoms. The molecule has 1 amide bonds. The second kappa shape index (κ2) is 7.17. The highest BCUT2D eigenvalue weighted by Gasteiger charge is 2.17. The summed E-state index contributed by atoms with van der Waals surface area (Å²) in [4.78, 5) is 11.9. The third-order valence-corrected chi connectivity index (χ3v) is 3.18. The molecule has 0 spiro atoms. The molecule has 0 fully saturated rings. The van der Waals surface area contributed by atoms with Crippen LogP contribution in [-0.2, 0) is 11.2 Å². The van der Waals surface area contributed by atoms with E-state index in [4.69, 9.17) is 5.73 Å². The molecule has 100 valence electrons. The fraction of sp³-hybridized carbons (Fsp3) is 0.533. The van der Waals surface area contributed by atoms with Crippen LogP contribution in [0.2, 0.25) is 0 Å². The van der Waals surface area contributed by atoms with Crippen molar-refractivity contribution in [2.75, 3.05) is 13.1 Å². The van der Waals surface area contributed by atoms with E-state index in [0.717, 1.165) is 19.4 Å². The molecule has 0 aliphatic carbocycles. The number of carbonyl (C=O) groups excluding carboxylic acids is 1. The first-order valence-corrected chi connectivity index (χ1v) is 6.62. The van der Waals surface area contributed by atoms with Gasteiger partial charge in [-0.2, -0.15) is 0 Å². The third-order valence-electron chi connectivity index (χ3n) is 3.18. The Balaban J connectivity index is 2.73. The lowest BCUT2D eigenvalue weighted by molar-refractivity contribution is -0.124. The maximum absolute atomic E-state index is 11.9. The van der Waals surface area contributed by atoms with Gasteiger partial charge in [-0.15, -0.1) is 0 Å². The van der Waals surface area contributed by atoms with Gasteiger partial charge in [-0.05, 0) is 37.8 Å². The summed E-state index contributed by atoms with van der Waals surface area (Å²) in [5.41, 5.74) is 9.39. The molecule has 1 unspecified atom stereocenters. The zero-order valence-electron chi connectivity index (χ0n) is 11.6. The van der Waals surface area contributed by atoms with Crippen molar-refractivity contribution in [1.29, 1.82) is 0 Å². The molecule has 1 rings (SSSR count). The van der Waals surface area contributed by atoms with Crippen molar-refractivity contribution in [2.24, 2.45) is 11.7 Å². The average molecular weight is 248 g/mol. The molecule has 3 heteroatoms. The van der Waals surface area contributed by atoms with Crippen molar-refractivity contribution in [3.05, 3.63) is 34.9 Å². The van der Waals surface area contributed by atoms with Gasteiger partial charge in [-0.25, -0.2) is 0 Å². The Kier molecular flexibility index (Phi) is 5.86. The molecule has 3 nitrogen and oxygen atoms in total. The van der Waals surface area contributed by atoms with Crippen LogP contribution in [0.4, 0.5) is 0 Å². The van der Waals surface area contributed by atoms with Crippen LogP contribution in [0.5, 0.6) is 0 Å². The number of benzene rings is 1. The van der Waals surface area contributed by atoms with E-state index < -0.39 is 0 Å². The lowest BCUT2D eigenvalue weighted by Crippen LogP contribution is -2.36. The number of aryl methyl sites for hydroxylation is 2. The minimum Gasteiger partial charge on any atom is -0.356 e. The monoisotopic (exact) mass is 248 g/mol. The summed E-state index contributed by atoms with van der Waals surface area (Å²) in [6, 6.07) is 6.33. The molecule has 1 aromatic rings. The van der Waals surface area contributed by atoms with E-state index in [1.54, 1.807) is 0 Å². The summed E-state index contributed by atoms with van der Waals surface area (Å²) in [6.45, 7) is 7.30. The summed E-state index contributed by atoms with van der Waals surface area (Å²) >= 11 is 0. The van der Waals surface area contributed by atoms with E-state index in [1.807, 2.05) is 6.92 Å². The van der Waals surface area contributed by atoms with Crippen LogP contribution >= 0.6 is 0 Å². The number of nitrogens with one attached hydrogen (secondary N) is 1. The van der Waals surface area contributed by atoms with Gasteiger partial charge in [0.25, 0.3) is 0 Å². The molecule has 3 N–H and O–H groups in total. The van der Waals surface area contributed by atoms with Crippen LogP contribution in [0.3, 0.4) is 0 Å². The van der Waals surface area contributed by atoms with Gasteiger partial charge in [0, 0.05) is 13.1 Å². The maximum atomic E-state index is 11.9. The van der Waals surface area contributed by atoms with Crippen molar-refractivity contribution in [1.82, 2.24) is 5.32 Å². The second-order valence-corrected chi connectivity index (χ2v) is 4.86. The summed E-state index contributed by atoms with van der Waals surface area (Å²) in [6.07, 6.45) is 1.67. The summed E-state index contributed by atoms with van der Waals surface area (Å²) < 4.78 is 0. The Labute approximate surface area is 110 Å². The number of amides is 1. The van der Waals surface area contributed by atoms with Crippen LogP contribution in [0, 0.1) is 19.8 Å². The van der Waals surface area contributed by atoms with Crippen molar-refractivity contribution in [2.45, 2.75) is 33.6 Å². The van der Waals surface area contributed by atoms with Crippen LogP contribution < -0.4 is 11.1 Å². The van der Waals surface area contributed by atoms with Gasteiger partial charge in [0.15, 0.2) is 0 Å². The van der Waals surface area contributed by atoms with Gasteiger partial charge in [0.05, 0.1) is 5.92 Å².